The minimum atomic E-state index is -0.0695. The summed E-state index contributed by atoms with van der Waals surface area (Å²) in [5.74, 6) is 0.129. The number of nitrogens with zero attached hydrogens (tertiary/aromatic N) is 2. The Morgan fingerprint density at radius 3 is 2.73 bits per heavy atom. The lowest BCUT2D eigenvalue weighted by atomic mass is 10.2. The van der Waals surface area contributed by atoms with Gasteiger partial charge in [0, 0.05) is 25.7 Å². The van der Waals surface area contributed by atoms with Gasteiger partial charge in [-0.3, -0.25) is 4.79 Å². The fourth-order valence-corrected chi connectivity index (χ4v) is 2.95. The van der Waals surface area contributed by atoms with Crippen molar-refractivity contribution >= 4 is 40.9 Å². The molecule has 22 heavy (non-hydrogen) atoms. The van der Waals surface area contributed by atoms with Crippen LogP contribution in [0.3, 0.4) is 0 Å². The standard InChI is InChI=1S/C15H14Cl2N2O2S/c1-18(9-11-5-6-12(16)13(17)8-11)14(20)10-22-15-4-2-3-7-19(15)21/h2-8H,9-10H2,1H3. The predicted molar refractivity (Wildman–Crippen MR) is 89.1 cm³/mol. The average Bonchev–Trinajstić information content (AvgIpc) is 2.50. The van der Waals surface area contributed by atoms with Gasteiger partial charge in [0.1, 0.15) is 0 Å². The van der Waals surface area contributed by atoms with E-state index in [2.05, 4.69) is 0 Å². The van der Waals surface area contributed by atoms with Crippen LogP contribution in [0, 0.1) is 5.21 Å². The monoisotopic (exact) mass is 356 g/mol. The molecule has 0 aliphatic rings. The smallest absolute Gasteiger partial charge is 0.251 e. The summed E-state index contributed by atoms with van der Waals surface area (Å²) in [4.78, 5) is 13.7. The van der Waals surface area contributed by atoms with E-state index in [1.54, 1.807) is 42.3 Å². The third kappa shape index (κ3) is 4.53. The van der Waals surface area contributed by atoms with Gasteiger partial charge in [-0.05, 0) is 35.5 Å². The molecule has 0 bridgehead atoms. The van der Waals surface area contributed by atoms with Crippen LogP contribution in [-0.2, 0) is 11.3 Å². The third-order valence-corrected chi connectivity index (χ3v) is 4.70. The molecule has 0 unspecified atom stereocenters. The molecule has 1 heterocycles. The minimum Gasteiger partial charge on any atom is -0.618 e. The Hall–Kier alpha value is -1.43. The molecule has 0 N–H and O–H groups in total. The fourth-order valence-electron chi connectivity index (χ4n) is 1.77. The topological polar surface area (TPSA) is 47.2 Å². The molecule has 0 spiro atoms. The first-order valence-electron chi connectivity index (χ1n) is 6.46. The summed E-state index contributed by atoms with van der Waals surface area (Å²) in [6, 6.07) is 10.4. The van der Waals surface area contributed by atoms with Gasteiger partial charge in [0.2, 0.25) is 5.91 Å². The van der Waals surface area contributed by atoms with Gasteiger partial charge in [-0.1, -0.05) is 29.3 Å². The van der Waals surface area contributed by atoms with Gasteiger partial charge >= 0.3 is 0 Å². The number of pyridine rings is 1. The highest BCUT2D eigenvalue weighted by Crippen LogP contribution is 2.23. The van der Waals surface area contributed by atoms with Crippen molar-refractivity contribution in [2.45, 2.75) is 11.6 Å². The first kappa shape index (κ1) is 16.9. The molecule has 7 heteroatoms. The van der Waals surface area contributed by atoms with E-state index in [9.17, 15) is 10.0 Å². The van der Waals surface area contributed by atoms with Gasteiger partial charge in [-0.25, -0.2) is 0 Å². The van der Waals surface area contributed by atoms with Crippen LogP contribution in [0.2, 0.25) is 10.0 Å². The zero-order valence-electron chi connectivity index (χ0n) is 11.8. The molecule has 0 saturated heterocycles. The maximum atomic E-state index is 12.1. The third-order valence-electron chi connectivity index (χ3n) is 2.96. The molecule has 0 saturated carbocycles. The van der Waals surface area contributed by atoms with Crippen molar-refractivity contribution < 1.29 is 9.52 Å². The Kier molecular flexibility index (Phi) is 5.94. The van der Waals surface area contributed by atoms with Crippen molar-refractivity contribution in [2.75, 3.05) is 12.8 Å². The second-order valence-electron chi connectivity index (χ2n) is 4.65. The molecule has 116 valence electrons. The highest BCUT2D eigenvalue weighted by Gasteiger charge is 2.13. The minimum absolute atomic E-state index is 0.0695. The SMILES string of the molecule is CN(Cc1ccc(Cl)c(Cl)c1)C(=O)CSc1cccc[n+]1[O-]. The van der Waals surface area contributed by atoms with Crippen molar-refractivity contribution in [3.8, 4) is 0 Å². The van der Waals surface area contributed by atoms with E-state index in [1.807, 2.05) is 6.07 Å². The molecular weight excluding hydrogens is 343 g/mol. The molecule has 2 rings (SSSR count). The highest BCUT2D eigenvalue weighted by molar-refractivity contribution is 7.99. The number of halogens is 2. The van der Waals surface area contributed by atoms with Crippen molar-refractivity contribution in [3.63, 3.8) is 0 Å². The number of carbonyl (C=O) groups is 1. The van der Waals surface area contributed by atoms with Crippen LogP contribution in [0.5, 0.6) is 0 Å². The number of carbonyl (C=O) groups excluding carboxylic acids is 1. The van der Waals surface area contributed by atoms with E-state index in [-0.39, 0.29) is 11.7 Å². The lowest BCUT2D eigenvalue weighted by Crippen LogP contribution is -2.31. The lowest BCUT2D eigenvalue weighted by molar-refractivity contribution is -0.645. The second kappa shape index (κ2) is 7.72. The number of thioether (sulfide) groups is 1. The summed E-state index contributed by atoms with van der Waals surface area (Å²) in [5.41, 5.74) is 0.897. The summed E-state index contributed by atoms with van der Waals surface area (Å²) >= 11 is 13.0. The maximum absolute atomic E-state index is 12.1. The van der Waals surface area contributed by atoms with Crippen molar-refractivity contribution in [1.82, 2.24) is 4.90 Å². The van der Waals surface area contributed by atoms with Crippen LogP contribution in [0.25, 0.3) is 0 Å². The van der Waals surface area contributed by atoms with Crippen LogP contribution in [0.15, 0.2) is 47.6 Å². The number of hydrogen-bond donors (Lipinski definition) is 0. The zero-order valence-corrected chi connectivity index (χ0v) is 14.2. The zero-order chi connectivity index (χ0) is 16.1. The van der Waals surface area contributed by atoms with Crippen molar-refractivity contribution in [2.24, 2.45) is 0 Å². The molecule has 1 aromatic heterocycles. The van der Waals surface area contributed by atoms with E-state index in [0.29, 0.717) is 21.6 Å². The Labute approximate surface area is 143 Å². The first-order valence-corrected chi connectivity index (χ1v) is 8.20. The van der Waals surface area contributed by atoms with E-state index in [0.717, 1.165) is 10.3 Å². The Balaban J connectivity index is 1.92. The van der Waals surface area contributed by atoms with Gasteiger partial charge in [0.05, 0.1) is 15.8 Å². The van der Waals surface area contributed by atoms with E-state index in [1.165, 1.54) is 18.0 Å². The molecule has 1 amide bonds. The summed E-state index contributed by atoms with van der Waals surface area (Å²) < 4.78 is 0.747. The van der Waals surface area contributed by atoms with Gasteiger partial charge in [-0.2, -0.15) is 4.73 Å². The van der Waals surface area contributed by atoms with Crippen LogP contribution in [0.4, 0.5) is 0 Å². The van der Waals surface area contributed by atoms with Crippen molar-refractivity contribution in [3.05, 3.63) is 63.4 Å². The second-order valence-corrected chi connectivity index (χ2v) is 6.46. The average molecular weight is 357 g/mol. The van der Waals surface area contributed by atoms with E-state index in [4.69, 9.17) is 23.2 Å². The quantitative estimate of drug-likeness (QED) is 0.468. The van der Waals surface area contributed by atoms with Gasteiger partial charge in [0.25, 0.3) is 5.03 Å². The van der Waals surface area contributed by atoms with E-state index < -0.39 is 0 Å². The van der Waals surface area contributed by atoms with Crippen molar-refractivity contribution in [1.29, 1.82) is 0 Å². The molecule has 2 aromatic rings. The van der Waals surface area contributed by atoms with Crippen LogP contribution >= 0.6 is 35.0 Å². The van der Waals surface area contributed by atoms with Gasteiger partial charge < -0.3 is 10.1 Å². The highest BCUT2D eigenvalue weighted by atomic mass is 35.5. The molecule has 0 aliphatic heterocycles. The molecule has 0 atom stereocenters. The van der Waals surface area contributed by atoms with Gasteiger partial charge in [-0.15, -0.1) is 0 Å². The first-order chi connectivity index (χ1) is 10.5. The molecule has 0 fully saturated rings. The maximum Gasteiger partial charge on any atom is 0.251 e. The number of aromatic nitrogens is 1. The van der Waals surface area contributed by atoms with Crippen LogP contribution in [-0.4, -0.2) is 23.6 Å². The fraction of sp³-hybridized carbons (Fsp3) is 0.200. The molecule has 4 nitrogen and oxygen atoms in total. The van der Waals surface area contributed by atoms with Crippen LogP contribution < -0.4 is 4.73 Å². The molecule has 0 aliphatic carbocycles. The number of benzene rings is 1. The van der Waals surface area contributed by atoms with Crippen LogP contribution in [0.1, 0.15) is 5.56 Å². The molecule has 1 aromatic carbocycles. The summed E-state index contributed by atoms with van der Waals surface area (Å²) in [7, 11) is 1.71. The number of rotatable bonds is 5. The molecular formula is C15H14Cl2N2O2S. The molecule has 0 radical (unpaired) electrons. The number of hydrogen-bond acceptors (Lipinski definition) is 3. The Morgan fingerprint density at radius 2 is 2.05 bits per heavy atom. The summed E-state index contributed by atoms with van der Waals surface area (Å²) in [5, 5.41) is 13.0. The number of amides is 1. The lowest BCUT2D eigenvalue weighted by Gasteiger charge is -2.17. The predicted octanol–water partition coefficient (Wildman–Crippen LogP) is 3.38. The Bertz CT molecular complexity index is 682. The van der Waals surface area contributed by atoms with Gasteiger partial charge in [0.15, 0.2) is 6.20 Å². The largest absolute Gasteiger partial charge is 0.618 e. The Morgan fingerprint density at radius 1 is 1.27 bits per heavy atom. The van der Waals surface area contributed by atoms with E-state index >= 15 is 0 Å². The summed E-state index contributed by atoms with van der Waals surface area (Å²) in [6.45, 7) is 0.433. The summed E-state index contributed by atoms with van der Waals surface area (Å²) in [6.07, 6.45) is 1.41. The normalized spacial score (nSPS) is 10.5.